The molecule has 1 aromatic rings. The minimum absolute atomic E-state index is 0.0916. The Morgan fingerprint density at radius 2 is 2.25 bits per heavy atom. The van der Waals surface area contributed by atoms with Gasteiger partial charge in [0.2, 0.25) is 11.8 Å². The first-order valence-corrected chi connectivity index (χ1v) is 5.31. The molecule has 0 aliphatic carbocycles. The van der Waals surface area contributed by atoms with Crippen molar-refractivity contribution in [3.63, 3.8) is 0 Å². The lowest BCUT2D eigenvalue weighted by Gasteiger charge is -2.16. The number of anilines is 1. The van der Waals surface area contributed by atoms with Crippen LogP contribution in [-0.2, 0) is 9.59 Å². The smallest absolute Gasteiger partial charge is 0.227 e. The van der Waals surface area contributed by atoms with Gasteiger partial charge in [0.1, 0.15) is 0 Å². The molecule has 5 heteroatoms. The maximum Gasteiger partial charge on any atom is 0.227 e. The summed E-state index contributed by atoms with van der Waals surface area (Å²) >= 11 is 5.84. The number of carbonyl (C=O) groups is 2. The van der Waals surface area contributed by atoms with Crippen molar-refractivity contribution < 1.29 is 9.59 Å². The second-order valence-corrected chi connectivity index (χ2v) is 4.22. The highest BCUT2D eigenvalue weighted by atomic mass is 35.5. The SMILES string of the molecule is NC(=O)[C@@H]1CC(=O)N(c2cccc(Cl)c2)C1. The Morgan fingerprint density at radius 3 is 2.81 bits per heavy atom. The zero-order chi connectivity index (χ0) is 11.7. The van der Waals surface area contributed by atoms with Gasteiger partial charge in [-0.1, -0.05) is 17.7 Å². The van der Waals surface area contributed by atoms with Gasteiger partial charge >= 0.3 is 0 Å². The lowest BCUT2D eigenvalue weighted by molar-refractivity contribution is -0.123. The van der Waals surface area contributed by atoms with E-state index in [4.69, 9.17) is 17.3 Å². The molecule has 1 aliphatic heterocycles. The molecule has 1 heterocycles. The number of nitrogens with zero attached hydrogens (tertiary/aromatic N) is 1. The van der Waals surface area contributed by atoms with Crippen molar-refractivity contribution in [3.05, 3.63) is 29.3 Å². The molecule has 2 amide bonds. The van der Waals surface area contributed by atoms with E-state index in [2.05, 4.69) is 0 Å². The molecular weight excluding hydrogens is 228 g/mol. The highest BCUT2D eigenvalue weighted by Gasteiger charge is 2.33. The Morgan fingerprint density at radius 1 is 1.50 bits per heavy atom. The van der Waals surface area contributed by atoms with Crippen LogP contribution in [0.25, 0.3) is 0 Å². The number of nitrogens with two attached hydrogens (primary N) is 1. The minimum Gasteiger partial charge on any atom is -0.369 e. The number of rotatable bonds is 2. The lowest BCUT2D eigenvalue weighted by atomic mass is 10.1. The van der Waals surface area contributed by atoms with Crippen molar-refractivity contribution in [1.29, 1.82) is 0 Å². The van der Waals surface area contributed by atoms with Gasteiger partial charge < -0.3 is 10.6 Å². The Bertz CT molecular complexity index is 447. The molecule has 1 aromatic carbocycles. The van der Waals surface area contributed by atoms with E-state index in [1.54, 1.807) is 29.2 Å². The van der Waals surface area contributed by atoms with Gasteiger partial charge in [-0.2, -0.15) is 0 Å². The Labute approximate surface area is 98.0 Å². The summed E-state index contributed by atoms with van der Waals surface area (Å²) in [6.45, 7) is 0.342. The van der Waals surface area contributed by atoms with Crippen LogP contribution in [0.2, 0.25) is 5.02 Å². The Balaban J connectivity index is 2.23. The molecule has 1 fully saturated rings. The third kappa shape index (κ3) is 2.02. The number of amides is 2. The van der Waals surface area contributed by atoms with E-state index in [1.807, 2.05) is 0 Å². The Kier molecular flexibility index (Phi) is 2.83. The predicted octanol–water partition coefficient (Wildman–Crippen LogP) is 1.18. The van der Waals surface area contributed by atoms with Gasteiger partial charge in [0.15, 0.2) is 0 Å². The molecule has 84 valence electrons. The van der Waals surface area contributed by atoms with Crippen LogP contribution in [0.4, 0.5) is 5.69 Å². The second kappa shape index (κ2) is 4.14. The highest BCUT2D eigenvalue weighted by molar-refractivity contribution is 6.30. The highest BCUT2D eigenvalue weighted by Crippen LogP contribution is 2.26. The first-order valence-electron chi connectivity index (χ1n) is 4.93. The quantitative estimate of drug-likeness (QED) is 0.841. The first kappa shape index (κ1) is 11.0. The van der Waals surface area contributed by atoms with E-state index in [0.717, 1.165) is 0 Å². The molecule has 2 N–H and O–H groups in total. The fraction of sp³-hybridized carbons (Fsp3) is 0.273. The average molecular weight is 239 g/mol. The molecule has 16 heavy (non-hydrogen) atoms. The standard InChI is InChI=1S/C11H11ClN2O2/c12-8-2-1-3-9(5-8)14-6-7(11(13)16)4-10(14)15/h1-3,5,7H,4,6H2,(H2,13,16)/t7-/m1/s1. The van der Waals surface area contributed by atoms with Gasteiger partial charge in [0, 0.05) is 23.7 Å². The van der Waals surface area contributed by atoms with Gasteiger partial charge in [0.25, 0.3) is 0 Å². The molecule has 0 radical (unpaired) electrons. The minimum atomic E-state index is -0.433. The van der Waals surface area contributed by atoms with E-state index >= 15 is 0 Å². The molecule has 1 saturated heterocycles. The summed E-state index contributed by atoms with van der Waals surface area (Å²) in [5.41, 5.74) is 5.90. The molecule has 0 aromatic heterocycles. The summed E-state index contributed by atoms with van der Waals surface area (Å²) in [4.78, 5) is 24.2. The van der Waals surface area contributed by atoms with Crippen LogP contribution in [0.5, 0.6) is 0 Å². The maximum absolute atomic E-state index is 11.7. The first-order chi connectivity index (χ1) is 7.58. The number of benzene rings is 1. The largest absolute Gasteiger partial charge is 0.369 e. The van der Waals surface area contributed by atoms with Gasteiger partial charge in [-0.3, -0.25) is 9.59 Å². The maximum atomic E-state index is 11.7. The zero-order valence-corrected chi connectivity index (χ0v) is 9.28. The monoisotopic (exact) mass is 238 g/mol. The van der Waals surface area contributed by atoms with Gasteiger partial charge in [0.05, 0.1) is 5.92 Å². The molecule has 1 atom stereocenters. The summed E-state index contributed by atoms with van der Waals surface area (Å²) in [6, 6.07) is 6.98. The molecule has 1 aliphatic rings. The van der Waals surface area contributed by atoms with Crippen molar-refractivity contribution in [1.82, 2.24) is 0 Å². The summed E-state index contributed by atoms with van der Waals surface area (Å²) in [5.74, 6) is -0.921. The van der Waals surface area contributed by atoms with Gasteiger partial charge in [-0.15, -0.1) is 0 Å². The van der Waals surface area contributed by atoms with E-state index in [1.165, 1.54) is 0 Å². The second-order valence-electron chi connectivity index (χ2n) is 3.79. The van der Waals surface area contributed by atoms with Crippen molar-refractivity contribution in [2.45, 2.75) is 6.42 Å². The van der Waals surface area contributed by atoms with Crippen molar-refractivity contribution in [3.8, 4) is 0 Å². The molecular formula is C11H11ClN2O2. The average Bonchev–Trinajstić information content (AvgIpc) is 2.60. The summed E-state index contributed by atoms with van der Waals surface area (Å²) in [6.07, 6.45) is 0.182. The van der Waals surface area contributed by atoms with E-state index in [9.17, 15) is 9.59 Å². The van der Waals surface area contributed by atoms with Crippen LogP contribution in [0.15, 0.2) is 24.3 Å². The number of carbonyl (C=O) groups excluding carboxylic acids is 2. The number of primary amides is 1. The van der Waals surface area contributed by atoms with Crippen LogP contribution in [0.3, 0.4) is 0 Å². The van der Waals surface area contributed by atoms with E-state index in [0.29, 0.717) is 17.3 Å². The fourth-order valence-electron chi connectivity index (χ4n) is 1.79. The van der Waals surface area contributed by atoms with E-state index in [-0.39, 0.29) is 12.3 Å². The van der Waals surface area contributed by atoms with Crippen molar-refractivity contribution in [2.75, 3.05) is 11.4 Å². The van der Waals surface area contributed by atoms with Crippen LogP contribution in [0, 0.1) is 5.92 Å². The molecule has 0 bridgehead atoms. The summed E-state index contributed by atoms with van der Waals surface area (Å²) < 4.78 is 0. The van der Waals surface area contributed by atoms with Crippen LogP contribution >= 0.6 is 11.6 Å². The molecule has 0 saturated carbocycles. The molecule has 0 unspecified atom stereocenters. The lowest BCUT2D eigenvalue weighted by Crippen LogP contribution is -2.28. The van der Waals surface area contributed by atoms with Crippen LogP contribution < -0.4 is 10.6 Å². The van der Waals surface area contributed by atoms with Crippen molar-refractivity contribution >= 4 is 29.1 Å². The van der Waals surface area contributed by atoms with Gasteiger partial charge in [-0.05, 0) is 18.2 Å². The topological polar surface area (TPSA) is 63.4 Å². The normalized spacial score (nSPS) is 20.2. The van der Waals surface area contributed by atoms with Crippen molar-refractivity contribution in [2.24, 2.45) is 11.7 Å². The number of hydrogen-bond acceptors (Lipinski definition) is 2. The van der Waals surface area contributed by atoms with Crippen LogP contribution in [0.1, 0.15) is 6.42 Å². The van der Waals surface area contributed by atoms with Gasteiger partial charge in [-0.25, -0.2) is 0 Å². The van der Waals surface area contributed by atoms with Crippen LogP contribution in [-0.4, -0.2) is 18.4 Å². The summed E-state index contributed by atoms with van der Waals surface area (Å²) in [5, 5.41) is 0.563. The fourth-order valence-corrected chi connectivity index (χ4v) is 1.98. The third-order valence-electron chi connectivity index (χ3n) is 2.65. The molecule has 4 nitrogen and oxygen atoms in total. The van der Waals surface area contributed by atoms with E-state index < -0.39 is 11.8 Å². The number of hydrogen-bond donors (Lipinski definition) is 1. The predicted molar refractivity (Wildman–Crippen MR) is 61.1 cm³/mol. The number of halogens is 1. The molecule has 2 rings (SSSR count). The Hall–Kier alpha value is -1.55. The molecule has 0 spiro atoms. The zero-order valence-electron chi connectivity index (χ0n) is 8.52. The third-order valence-corrected chi connectivity index (χ3v) is 2.88. The summed E-state index contributed by atoms with van der Waals surface area (Å²) in [7, 11) is 0.